The number of likely N-dealkylation sites (N-methyl/N-ethyl adjacent to an activating group) is 1. The summed E-state index contributed by atoms with van der Waals surface area (Å²) in [5.41, 5.74) is 4.01. The van der Waals surface area contributed by atoms with Crippen molar-refractivity contribution >= 4 is 69.7 Å². The first-order valence-corrected chi connectivity index (χ1v) is 28.5. The number of thioether (sulfide) groups is 1. The van der Waals surface area contributed by atoms with Gasteiger partial charge in [-0.2, -0.15) is 0 Å². The lowest BCUT2D eigenvalue weighted by molar-refractivity contribution is -0.319. The highest BCUT2D eigenvalue weighted by atomic mass is 35.5. The van der Waals surface area contributed by atoms with Crippen LogP contribution in [0.5, 0.6) is 0 Å². The maximum atomic E-state index is 15.3. The first-order valence-electron chi connectivity index (χ1n) is 27.1. The number of cyclic esters (lactones) is 1. The van der Waals surface area contributed by atoms with E-state index in [1.165, 1.54) is 31.3 Å². The van der Waals surface area contributed by atoms with Crippen molar-refractivity contribution in [3.8, 4) is 0 Å². The average Bonchev–Trinajstić information content (AvgIpc) is 4.03. The maximum absolute atomic E-state index is 15.3. The van der Waals surface area contributed by atoms with Gasteiger partial charge in [0.15, 0.2) is 35.2 Å². The molecule has 4 saturated heterocycles. The number of halogens is 1. The molecule has 19 atom stereocenters. The molecule has 440 valence electrons. The Morgan fingerprint density at radius 2 is 1.70 bits per heavy atom. The number of carbonyl (C=O) groups is 3. The summed E-state index contributed by atoms with van der Waals surface area (Å²) < 4.78 is 53.8. The maximum Gasteiger partial charge on any atom is 0.320 e. The molecule has 3 aromatic rings. The number of esters is 2. The molecule has 79 heavy (non-hydrogen) atoms. The molecular weight excluding hydrogens is 1060 g/mol. The smallest absolute Gasteiger partial charge is 0.320 e. The van der Waals surface area contributed by atoms with Gasteiger partial charge in [-0.05, 0) is 87.0 Å². The summed E-state index contributed by atoms with van der Waals surface area (Å²) in [7, 11) is 6.84. The fourth-order valence-corrected chi connectivity index (χ4v) is 13.4. The minimum Gasteiger partial charge on any atom is -0.458 e. The van der Waals surface area contributed by atoms with E-state index in [-0.39, 0.29) is 43.0 Å². The van der Waals surface area contributed by atoms with Crippen LogP contribution in [0, 0.1) is 29.6 Å². The van der Waals surface area contributed by atoms with E-state index in [0.29, 0.717) is 46.6 Å². The summed E-state index contributed by atoms with van der Waals surface area (Å²) in [5, 5.41) is 26.0. The van der Waals surface area contributed by atoms with Crippen molar-refractivity contribution in [1.82, 2.24) is 29.4 Å². The zero-order valence-electron chi connectivity index (χ0n) is 48.3. The number of aromatic nitrogens is 5. The van der Waals surface area contributed by atoms with Crippen LogP contribution in [0.2, 0.25) is 0 Å². The number of anilines is 3. The predicted molar refractivity (Wildman–Crippen MR) is 301 cm³/mol. The number of carbonyl (C=O) groups excluding carboxylic acids is 3. The Morgan fingerprint density at radius 1 is 1.01 bits per heavy atom. The van der Waals surface area contributed by atoms with Gasteiger partial charge in [0.2, 0.25) is 5.95 Å². The largest absolute Gasteiger partial charge is 0.458 e. The summed E-state index contributed by atoms with van der Waals surface area (Å²) in [6, 6.07) is 3.33. The molecule has 5 N–H and O–H groups in total. The first kappa shape index (κ1) is 63.8. The van der Waals surface area contributed by atoms with Gasteiger partial charge in [-0.1, -0.05) is 58.5 Å². The van der Waals surface area contributed by atoms with Crippen LogP contribution in [0.3, 0.4) is 0 Å². The monoisotopic (exact) mass is 1140 g/mol. The third kappa shape index (κ3) is 14.0. The number of ether oxygens (including phenoxy) is 8. The van der Waals surface area contributed by atoms with Gasteiger partial charge in [-0.25, -0.2) is 15.0 Å². The molecule has 3 aromatic heterocycles. The number of pyridine rings is 1. The topological polar surface area (TPSA) is 263 Å². The fourth-order valence-electron chi connectivity index (χ4n) is 12.0. The number of aliphatic hydroxyl groups excluding tert-OH is 2. The molecule has 4 aliphatic rings. The number of Topliss-reactive ketones (excluding diaryl/α,β-unsaturated/α-hetero) is 1. The van der Waals surface area contributed by atoms with E-state index in [2.05, 4.69) is 33.4 Å². The van der Waals surface area contributed by atoms with Gasteiger partial charge in [-0.3, -0.25) is 23.9 Å². The molecule has 0 aliphatic carbocycles. The third-order valence-corrected chi connectivity index (χ3v) is 18.0. The van der Waals surface area contributed by atoms with Gasteiger partial charge in [0.25, 0.3) is 0 Å². The minimum atomic E-state index is -1.46. The van der Waals surface area contributed by atoms with Gasteiger partial charge in [0, 0.05) is 73.9 Å². The molecule has 7 heterocycles. The van der Waals surface area contributed by atoms with Crippen molar-refractivity contribution in [2.45, 2.75) is 185 Å². The normalized spacial score (nSPS) is 37.5. The summed E-state index contributed by atoms with van der Waals surface area (Å²) in [5.74, 6) is -4.42. The predicted octanol–water partition coefficient (Wildman–Crippen LogP) is 6.85. The number of aryl methyl sites for hydroxylation is 1. The Kier molecular flexibility index (Phi) is 21.6. The van der Waals surface area contributed by atoms with Crippen molar-refractivity contribution in [2.24, 2.45) is 29.6 Å². The summed E-state index contributed by atoms with van der Waals surface area (Å²) in [6.45, 7) is 25.1. The van der Waals surface area contributed by atoms with Crippen LogP contribution in [0.25, 0.3) is 11.2 Å². The third-order valence-electron chi connectivity index (χ3n) is 16.6. The Hall–Kier alpha value is -4.33. The highest BCUT2D eigenvalue weighted by Gasteiger charge is 2.62. The van der Waals surface area contributed by atoms with E-state index < -0.39 is 113 Å². The summed E-state index contributed by atoms with van der Waals surface area (Å²) in [4.78, 5) is 64.4. The average molecular weight is 1150 g/mol. The Labute approximate surface area is 474 Å². The SMILES string of the molecule is C=CC(=C)Cl.CC[C@H]1OC(=O)C(C)[C@@H](OC2CC(C)(OC)[C@@H](O)C(C)O2)[C@H](C)[C@@H](O[C@@H]2OC(C)CC(N(C)C)[C@H]2O)C(C)(OC)C[C@@H](C)C(=O)C(C)C2C(SCCn3c(Nc4cccnc4)nc4c(N)ncnc43)C(=O)O[C@@]21C. The van der Waals surface area contributed by atoms with Crippen LogP contribution in [-0.2, 0) is 58.8 Å². The number of nitrogens with zero attached hydrogens (tertiary/aromatic N) is 6. The van der Waals surface area contributed by atoms with Crippen molar-refractivity contribution < 1.29 is 62.5 Å². The molecular formula is C56H85ClN8O13S. The molecule has 23 heteroatoms. The number of imidazole rings is 1. The van der Waals surface area contributed by atoms with Gasteiger partial charge < -0.3 is 64.1 Å². The highest BCUT2D eigenvalue weighted by Crippen LogP contribution is 2.50. The lowest BCUT2D eigenvalue weighted by atomic mass is 9.70. The standard InChI is InChI=1S/C52H80N8O13S.C4H5Cl/c1-15-34-52(10)36(41(47(65)73-52)74-20-19-60-45-37(44(53)55-25-56-45)58-49(60)57-32-17-16-18-54-24-32)28(4)38(61)26(2)22-51(9,67-14)43(72-48-39(62)33(59(11)12)21-27(3)68-48)29(5)40(30(6)46(64)70-34)71-35-23-50(8,66-13)42(63)31(7)69-35;1-3-4(2)5/h16-18,24-31,33-36,39-43,48,62-63H,15,19-23H2,1-14H3,(H,57,58)(H2,53,55,56);3H,1-2H2/t26-,27?,28?,29+,30?,31?,33?,34-,35?,36?,39-,40+,41?,42+,43-,48+,50?,51?,52-;/m1./s1. The van der Waals surface area contributed by atoms with Gasteiger partial charge >= 0.3 is 11.9 Å². The molecule has 0 bridgehead atoms. The molecule has 4 fully saturated rings. The number of nitrogen functional groups attached to an aromatic ring is 1. The zero-order valence-corrected chi connectivity index (χ0v) is 49.9. The van der Waals surface area contributed by atoms with Crippen LogP contribution in [0.1, 0.15) is 94.9 Å². The highest BCUT2D eigenvalue weighted by molar-refractivity contribution is 8.00. The molecule has 0 radical (unpaired) electrons. The molecule has 7 rings (SSSR count). The number of fused-ring (bicyclic) bond motifs is 2. The zero-order chi connectivity index (χ0) is 58.5. The lowest BCUT2D eigenvalue weighted by Crippen LogP contribution is -2.61. The number of hydrogen-bond acceptors (Lipinski definition) is 21. The van der Waals surface area contributed by atoms with Crippen LogP contribution < -0.4 is 11.1 Å². The second kappa shape index (κ2) is 26.7. The second-order valence-electron chi connectivity index (χ2n) is 22.4. The van der Waals surface area contributed by atoms with Gasteiger partial charge in [0.05, 0.1) is 53.4 Å². The van der Waals surface area contributed by atoms with Crippen molar-refractivity contribution in [3.05, 3.63) is 55.1 Å². The van der Waals surface area contributed by atoms with E-state index in [0.717, 1.165) is 0 Å². The molecule has 0 amide bonds. The van der Waals surface area contributed by atoms with Crippen LogP contribution >= 0.6 is 23.4 Å². The minimum absolute atomic E-state index is 0.108. The van der Waals surface area contributed by atoms with Gasteiger partial charge in [-0.15, -0.1) is 11.8 Å². The molecule has 4 aliphatic heterocycles. The van der Waals surface area contributed by atoms with E-state index in [1.54, 1.807) is 53.3 Å². The Balaban J connectivity index is 0.00000193. The molecule has 0 spiro atoms. The quantitative estimate of drug-likeness (QED) is 0.0896. The van der Waals surface area contributed by atoms with Crippen LogP contribution in [-0.4, -0.2) is 175 Å². The first-order chi connectivity index (χ1) is 37.2. The number of nitrogens with two attached hydrogens (primary N) is 1. The molecule has 0 saturated carbocycles. The second-order valence-corrected chi connectivity index (χ2v) is 24.2. The number of rotatable bonds is 15. The Bertz CT molecular complexity index is 2590. The van der Waals surface area contributed by atoms with E-state index in [9.17, 15) is 15.0 Å². The molecule has 0 aromatic carbocycles. The number of ketones is 1. The van der Waals surface area contributed by atoms with Crippen molar-refractivity contribution in [1.29, 1.82) is 0 Å². The Morgan fingerprint density at radius 3 is 2.30 bits per heavy atom. The number of aliphatic hydroxyl groups is 2. The number of nitrogens with one attached hydrogen (secondary N) is 1. The van der Waals surface area contributed by atoms with Crippen molar-refractivity contribution in [3.63, 3.8) is 0 Å². The molecule has 21 nitrogen and oxygen atoms in total. The van der Waals surface area contributed by atoms with Crippen molar-refractivity contribution in [2.75, 3.05) is 45.1 Å². The number of methoxy groups -OCH3 is 2. The van der Waals surface area contributed by atoms with Crippen LogP contribution in [0.15, 0.2) is 55.1 Å². The number of allylic oxidation sites excluding steroid dienone is 2. The van der Waals surface area contributed by atoms with Gasteiger partial charge in [0.1, 0.15) is 35.7 Å². The summed E-state index contributed by atoms with van der Waals surface area (Å²) >= 11 is 6.49. The van der Waals surface area contributed by atoms with Crippen LogP contribution in [0.4, 0.5) is 17.5 Å². The number of hydrogen-bond donors (Lipinski definition) is 4. The summed E-state index contributed by atoms with van der Waals surface area (Å²) in [6.07, 6.45) is -1.05. The molecule has 10 unspecified atom stereocenters. The lowest BCUT2D eigenvalue weighted by Gasteiger charge is -2.50. The van der Waals surface area contributed by atoms with E-state index in [1.807, 2.05) is 71.2 Å². The van der Waals surface area contributed by atoms with E-state index >= 15 is 9.59 Å². The fraction of sp³-hybridized carbons (Fsp3) is 0.696. The van der Waals surface area contributed by atoms with E-state index in [4.69, 9.17) is 60.2 Å².